The Morgan fingerprint density at radius 2 is 1.94 bits per heavy atom. The van der Waals surface area contributed by atoms with Gasteiger partial charge in [0.25, 0.3) is 0 Å². The van der Waals surface area contributed by atoms with Crippen LogP contribution in [0.25, 0.3) is 0 Å². The summed E-state index contributed by atoms with van der Waals surface area (Å²) >= 11 is 0. The van der Waals surface area contributed by atoms with Crippen LogP contribution in [0.3, 0.4) is 0 Å². The number of nitrogens with zero attached hydrogens (tertiary/aromatic N) is 1. The van der Waals surface area contributed by atoms with Crippen LogP contribution in [0, 0.1) is 13.8 Å². The van der Waals surface area contributed by atoms with Gasteiger partial charge in [-0.25, -0.2) is 4.79 Å². The average Bonchev–Trinajstić information content (AvgIpc) is 2.30. The summed E-state index contributed by atoms with van der Waals surface area (Å²) in [4.78, 5) is 23.1. The van der Waals surface area contributed by atoms with E-state index in [-0.39, 0.29) is 6.54 Å². The summed E-state index contributed by atoms with van der Waals surface area (Å²) < 4.78 is 5.26. The van der Waals surface area contributed by atoms with Gasteiger partial charge in [-0.15, -0.1) is 0 Å². The molecule has 5 nitrogen and oxygen atoms in total. The molecule has 1 amide bonds. The Hall–Kier alpha value is -2.04. The molecule has 0 unspecified atom stereocenters. The molecular weight excluding hydrogens is 234 g/mol. The predicted molar refractivity (Wildman–Crippen MR) is 66.6 cm³/mol. The third-order valence-electron chi connectivity index (χ3n) is 2.72. The van der Waals surface area contributed by atoms with Crippen LogP contribution in [0.1, 0.15) is 16.7 Å². The largest absolute Gasteiger partial charge is 0.496 e. The molecule has 1 N–H and O–H groups in total. The minimum atomic E-state index is -1.46. The van der Waals surface area contributed by atoms with E-state index in [4.69, 9.17) is 9.84 Å². The zero-order valence-electron chi connectivity index (χ0n) is 11.0. The van der Waals surface area contributed by atoms with Gasteiger partial charge in [-0.3, -0.25) is 4.79 Å². The molecule has 1 aromatic carbocycles. The van der Waals surface area contributed by atoms with Crippen LogP contribution in [0.2, 0.25) is 0 Å². The topological polar surface area (TPSA) is 66.8 Å². The fourth-order valence-corrected chi connectivity index (χ4v) is 1.82. The van der Waals surface area contributed by atoms with Crippen molar-refractivity contribution in [3.63, 3.8) is 0 Å². The number of ether oxygens (including phenoxy) is 1. The van der Waals surface area contributed by atoms with E-state index in [1.807, 2.05) is 26.0 Å². The molecule has 0 aromatic heterocycles. The summed E-state index contributed by atoms with van der Waals surface area (Å²) in [6.07, 6.45) is 0. The van der Waals surface area contributed by atoms with E-state index in [2.05, 4.69) is 0 Å². The summed E-state index contributed by atoms with van der Waals surface area (Å²) in [7, 11) is 3.01. The Bertz CT molecular complexity index is 482. The van der Waals surface area contributed by atoms with Gasteiger partial charge >= 0.3 is 11.9 Å². The molecule has 0 heterocycles. The first-order valence-corrected chi connectivity index (χ1v) is 5.49. The maximum Gasteiger partial charge on any atom is 0.394 e. The van der Waals surface area contributed by atoms with Crippen molar-refractivity contribution in [1.82, 2.24) is 4.90 Å². The number of methoxy groups -OCH3 is 1. The third kappa shape index (κ3) is 3.00. The van der Waals surface area contributed by atoms with Crippen molar-refractivity contribution in [3.8, 4) is 5.75 Å². The highest BCUT2D eigenvalue weighted by atomic mass is 16.5. The first kappa shape index (κ1) is 14.0. The number of benzene rings is 1. The smallest absolute Gasteiger partial charge is 0.394 e. The van der Waals surface area contributed by atoms with Crippen molar-refractivity contribution in [2.45, 2.75) is 20.4 Å². The first-order valence-electron chi connectivity index (χ1n) is 5.49. The van der Waals surface area contributed by atoms with Gasteiger partial charge in [0.1, 0.15) is 5.75 Å². The monoisotopic (exact) mass is 251 g/mol. The molecule has 18 heavy (non-hydrogen) atoms. The second-order valence-corrected chi connectivity index (χ2v) is 4.23. The van der Waals surface area contributed by atoms with Crippen LogP contribution < -0.4 is 4.74 Å². The number of hydrogen-bond acceptors (Lipinski definition) is 3. The molecule has 0 aliphatic carbocycles. The van der Waals surface area contributed by atoms with Gasteiger partial charge in [0.15, 0.2) is 0 Å². The zero-order valence-corrected chi connectivity index (χ0v) is 11.0. The number of hydrogen-bond donors (Lipinski definition) is 1. The summed E-state index contributed by atoms with van der Waals surface area (Å²) in [6, 6.07) is 3.83. The van der Waals surface area contributed by atoms with E-state index in [1.54, 1.807) is 7.11 Å². The highest BCUT2D eigenvalue weighted by Crippen LogP contribution is 2.25. The standard InChI is InChI=1S/C13H17NO4/c1-8-5-9(2)10(11(6-8)18-4)7-14(3)12(15)13(16)17/h5-6H,7H2,1-4H3,(H,16,17). The van der Waals surface area contributed by atoms with Crippen molar-refractivity contribution in [2.75, 3.05) is 14.2 Å². The molecule has 0 aliphatic heterocycles. The number of likely N-dealkylation sites (N-methyl/N-ethyl adjacent to an activating group) is 1. The summed E-state index contributed by atoms with van der Waals surface area (Å²) in [5.41, 5.74) is 2.84. The molecular formula is C13H17NO4. The molecule has 5 heteroatoms. The van der Waals surface area contributed by atoms with Crippen molar-refractivity contribution in [2.24, 2.45) is 0 Å². The van der Waals surface area contributed by atoms with Gasteiger partial charge in [-0.05, 0) is 31.0 Å². The van der Waals surface area contributed by atoms with Gasteiger partial charge in [0.05, 0.1) is 7.11 Å². The van der Waals surface area contributed by atoms with Gasteiger partial charge in [-0.1, -0.05) is 6.07 Å². The number of carboxylic acid groups (broad SMARTS) is 1. The maximum absolute atomic E-state index is 11.3. The van der Waals surface area contributed by atoms with E-state index in [1.165, 1.54) is 7.05 Å². The van der Waals surface area contributed by atoms with E-state index in [9.17, 15) is 9.59 Å². The second-order valence-electron chi connectivity index (χ2n) is 4.23. The van der Waals surface area contributed by atoms with E-state index in [0.717, 1.165) is 21.6 Å². The lowest BCUT2D eigenvalue weighted by atomic mass is 10.0. The molecule has 98 valence electrons. The number of carbonyl (C=O) groups is 2. The van der Waals surface area contributed by atoms with Crippen molar-refractivity contribution >= 4 is 11.9 Å². The van der Waals surface area contributed by atoms with E-state index < -0.39 is 11.9 Å². The minimum Gasteiger partial charge on any atom is -0.496 e. The quantitative estimate of drug-likeness (QED) is 0.823. The van der Waals surface area contributed by atoms with Crippen molar-refractivity contribution in [3.05, 3.63) is 28.8 Å². The molecule has 0 spiro atoms. The van der Waals surface area contributed by atoms with Crippen LogP contribution in [0.4, 0.5) is 0 Å². The lowest BCUT2D eigenvalue weighted by Crippen LogP contribution is -2.32. The highest BCUT2D eigenvalue weighted by Gasteiger charge is 2.19. The van der Waals surface area contributed by atoms with Crippen LogP contribution in [-0.2, 0) is 16.1 Å². The second kappa shape index (κ2) is 5.53. The molecule has 0 bridgehead atoms. The van der Waals surface area contributed by atoms with Crippen LogP contribution >= 0.6 is 0 Å². The van der Waals surface area contributed by atoms with Crippen molar-refractivity contribution < 1.29 is 19.4 Å². The molecule has 0 aliphatic rings. The van der Waals surface area contributed by atoms with Crippen molar-refractivity contribution in [1.29, 1.82) is 0 Å². The summed E-state index contributed by atoms with van der Waals surface area (Å²) in [5.74, 6) is -1.73. The zero-order chi connectivity index (χ0) is 13.9. The molecule has 0 atom stereocenters. The SMILES string of the molecule is COc1cc(C)cc(C)c1CN(C)C(=O)C(=O)O. The first-order chi connectivity index (χ1) is 8.36. The normalized spacial score (nSPS) is 10.0. The third-order valence-corrected chi connectivity index (χ3v) is 2.72. The number of carbonyl (C=O) groups excluding carboxylic acids is 1. The van der Waals surface area contributed by atoms with Gasteiger partial charge in [0.2, 0.25) is 0 Å². The van der Waals surface area contributed by atoms with Gasteiger partial charge < -0.3 is 14.7 Å². The van der Waals surface area contributed by atoms with Crippen LogP contribution in [0.5, 0.6) is 5.75 Å². The lowest BCUT2D eigenvalue weighted by molar-refractivity contribution is -0.155. The fraction of sp³-hybridized carbons (Fsp3) is 0.385. The van der Waals surface area contributed by atoms with Crippen LogP contribution in [-0.4, -0.2) is 36.0 Å². The minimum absolute atomic E-state index is 0.209. The number of amides is 1. The van der Waals surface area contributed by atoms with E-state index in [0.29, 0.717) is 5.75 Å². The molecule has 0 fully saturated rings. The fourth-order valence-electron chi connectivity index (χ4n) is 1.82. The maximum atomic E-state index is 11.3. The lowest BCUT2D eigenvalue weighted by Gasteiger charge is -2.19. The number of aryl methyl sites for hydroxylation is 2. The van der Waals surface area contributed by atoms with Gasteiger partial charge in [-0.2, -0.15) is 0 Å². The molecule has 1 aromatic rings. The highest BCUT2D eigenvalue weighted by molar-refractivity contribution is 6.31. The molecule has 0 saturated carbocycles. The number of rotatable bonds is 3. The van der Waals surface area contributed by atoms with Crippen LogP contribution in [0.15, 0.2) is 12.1 Å². The summed E-state index contributed by atoms with van der Waals surface area (Å²) in [5, 5.41) is 8.65. The Kier molecular flexibility index (Phi) is 4.31. The van der Waals surface area contributed by atoms with Gasteiger partial charge in [0, 0.05) is 19.2 Å². The predicted octanol–water partition coefficient (Wildman–Crippen LogP) is 1.36. The van der Waals surface area contributed by atoms with E-state index >= 15 is 0 Å². The number of aliphatic carboxylic acids is 1. The molecule has 0 radical (unpaired) electrons. The molecule has 0 saturated heterocycles. The Balaban J connectivity index is 3.04. The Labute approximate surface area is 106 Å². The summed E-state index contributed by atoms with van der Waals surface area (Å²) in [6.45, 7) is 4.07. The molecule has 1 rings (SSSR count). The number of carboxylic acids is 1. The Morgan fingerprint density at radius 1 is 1.33 bits per heavy atom. The average molecular weight is 251 g/mol. The Morgan fingerprint density at radius 3 is 2.44 bits per heavy atom.